The highest BCUT2D eigenvalue weighted by molar-refractivity contribution is 6.30. The van der Waals surface area contributed by atoms with Crippen molar-refractivity contribution in [3.8, 4) is 0 Å². The van der Waals surface area contributed by atoms with Crippen LogP contribution in [0.3, 0.4) is 0 Å². The Bertz CT molecular complexity index is 490. The first-order valence-corrected chi connectivity index (χ1v) is 7.81. The molecule has 0 heterocycles. The van der Waals surface area contributed by atoms with Crippen molar-refractivity contribution in [2.45, 2.75) is 45.4 Å². The van der Waals surface area contributed by atoms with E-state index in [1.165, 1.54) is 18.4 Å². The van der Waals surface area contributed by atoms with E-state index in [0.29, 0.717) is 5.92 Å². The standard InChI is InChI=1S/C17H22ClNO/c1-2-5-14-6-3-4-7-15(17(14)19-20)12-13-8-10-16(18)11-9-13/h8-12,14,20H,2-7H2,1H3/b15-12+,19-17+. The average Bonchev–Trinajstić information content (AvgIpc) is 2.64. The van der Waals surface area contributed by atoms with Gasteiger partial charge in [0.05, 0.1) is 5.71 Å². The third kappa shape index (κ3) is 3.86. The van der Waals surface area contributed by atoms with E-state index >= 15 is 0 Å². The molecule has 1 aliphatic rings. The van der Waals surface area contributed by atoms with Crippen molar-refractivity contribution in [3.05, 3.63) is 40.4 Å². The van der Waals surface area contributed by atoms with E-state index in [0.717, 1.165) is 42.0 Å². The Balaban J connectivity index is 2.28. The van der Waals surface area contributed by atoms with Gasteiger partial charge >= 0.3 is 0 Å². The number of hydrogen-bond donors (Lipinski definition) is 1. The van der Waals surface area contributed by atoms with Crippen LogP contribution in [0.15, 0.2) is 35.0 Å². The first-order chi connectivity index (χ1) is 9.74. The molecular formula is C17H22ClNO. The summed E-state index contributed by atoms with van der Waals surface area (Å²) in [6.45, 7) is 2.18. The summed E-state index contributed by atoms with van der Waals surface area (Å²) < 4.78 is 0. The monoisotopic (exact) mass is 291 g/mol. The van der Waals surface area contributed by atoms with Crippen molar-refractivity contribution < 1.29 is 5.21 Å². The van der Waals surface area contributed by atoms with Crippen LogP contribution in [0.5, 0.6) is 0 Å². The fraction of sp³-hybridized carbons (Fsp3) is 0.471. The summed E-state index contributed by atoms with van der Waals surface area (Å²) >= 11 is 5.92. The second kappa shape index (κ2) is 7.49. The lowest BCUT2D eigenvalue weighted by atomic mass is 9.90. The van der Waals surface area contributed by atoms with E-state index in [2.05, 4.69) is 18.2 Å². The lowest BCUT2D eigenvalue weighted by Gasteiger charge is -2.16. The maximum atomic E-state index is 9.43. The largest absolute Gasteiger partial charge is 0.411 e. The molecule has 1 N–H and O–H groups in total. The van der Waals surface area contributed by atoms with Crippen molar-refractivity contribution in [1.82, 2.24) is 0 Å². The number of rotatable bonds is 3. The lowest BCUT2D eigenvalue weighted by Crippen LogP contribution is -2.15. The molecule has 1 aliphatic carbocycles. The molecule has 1 atom stereocenters. The predicted octanol–water partition coefficient (Wildman–Crippen LogP) is 5.54. The predicted molar refractivity (Wildman–Crippen MR) is 85.5 cm³/mol. The van der Waals surface area contributed by atoms with E-state index < -0.39 is 0 Å². The molecule has 0 aromatic heterocycles. The van der Waals surface area contributed by atoms with Gasteiger partial charge < -0.3 is 5.21 Å². The quantitative estimate of drug-likeness (QED) is 0.442. The minimum atomic E-state index is 0.394. The molecule has 1 aromatic carbocycles. The SMILES string of the molecule is CCCC1CCCCC(=C\c2ccc(Cl)cc2)/C1=N/O. The zero-order valence-corrected chi connectivity index (χ0v) is 12.7. The van der Waals surface area contributed by atoms with Crippen LogP contribution in [-0.2, 0) is 0 Å². The molecule has 0 saturated heterocycles. The van der Waals surface area contributed by atoms with Gasteiger partial charge in [0.15, 0.2) is 0 Å². The van der Waals surface area contributed by atoms with Crippen LogP contribution < -0.4 is 0 Å². The van der Waals surface area contributed by atoms with Crippen LogP contribution in [0.2, 0.25) is 5.02 Å². The molecule has 2 rings (SSSR count). The highest BCUT2D eigenvalue weighted by Gasteiger charge is 2.22. The summed E-state index contributed by atoms with van der Waals surface area (Å²) in [6.07, 6.45) is 8.85. The van der Waals surface area contributed by atoms with Crippen LogP contribution in [0.1, 0.15) is 51.0 Å². The van der Waals surface area contributed by atoms with Gasteiger partial charge in [-0.05, 0) is 55.0 Å². The number of oxime groups is 1. The molecule has 3 heteroatoms. The Morgan fingerprint density at radius 1 is 1.30 bits per heavy atom. The van der Waals surface area contributed by atoms with Crippen molar-refractivity contribution in [2.75, 3.05) is 0 Å². The fourth-order valence-corrected chi connectivity index (χ4v) is 3.04. The van der Waals surface area contributed by atoms with Gasteiger partial charge in [-0.1, -0.05) is 48.7 Å². The van der Waals surface area contributed by atoms with Gasteiger partial charge in [-0.15, -0.1) is 0 Å². The summed E-state index contributed by atoms with van der Waals surface area (Å²) in [5.74, 6) is 0.394. The van der Waals surface area contributed by atoms with Crippen LogP contribution in [-0.4, -0.2) is 10.9 Å². The minimum Gasteiger partial charge on any atom is -0.411 e. The highest BCUT2D eigenvalue weighted by Crippen LogP contribution is 2.29. The van der Waals surface area contributed by atoms with E-state index in [9.17, 15) is 5.21 Å². The average molecular weight is 292 g/mol. The number of hydrogen-bond acceptors (Lipinski definition) is 2. The summed E-state index contributed by atoms with van der Waals surface area (Å²) in [5, 5.41) is 13.8. The highest BCUT2D eigenvalue weighted by atomic mass is 35.5. The van der Waals surface area contributed by atoms with Gasteiger partial charge in [0.2, 0.25) is 0 Å². The molecule has 108 valence electrons. The fourth-order valence-electron chi connectivity index (χ4n) is 2.91. The van der Waals surface area contributed by atoms with Crippen molar-refractivity contribution in [3.63, 3.8) is 0 Å². The Morgan fingerprint density at radius 3 is 2.70 bits per heavy atom. The van der Waals surface area contributed by atoms with E-state index in [4.69, 9.17) is 11.6 Å². The van der Waals surface area contributed by atoms with E-state index in [-0.39, 0.29) is 0 Å². The summed E-state index contributed by atoms with van der Waals surface area (Å²) in [4.78, 5) is 0. The molecule has 0 aliphatic heterocycles. The molecule has 20 heavy (non-hydrogen) atoms. The van der Waals surface area contributed by atoms with Gasteiger partial charge in [0.25, 0.3) is 0 Å². The number of halogens is 1. The van der Waals surface area contributed by atoms with Crippen molar-refractivity contribution in [2.24, 2.45) is 11.1 Å². The lowest BCUT2D eigenvalue weighted by molar-refractivity contribution is 0.314. The topological polar surface area (TPSA) is 32.6 Å². The normalized spacial score (nSPS) is 24.0. The number of benzene rings is 1. The van der Waals surface area contributed by atoms with Gasteiger partial charge in [0.1, 0.15) is 0 Å². The first kappa shape index (κ1) is 15.1. The zero-order valence-electron chi connectivity index (χ0n) is 12.0. The van der Waals surface area contributed by atoms with Gasteiger partial charge in [0, 0.05) is 10.9 Å². The zero-order chi connectivity index (χ0) is 14.4. The summed E-state index contributed by atoms with van der Waals surface area (Å²) in [5.41, 5.74) is 3.17. The van der Waals surface area contributed by atoms with Gasteiger partial charge in [-0.25, -0.2) is 0 Å². The second-order valence-electron chi connectivity index (χ2n) is 5.44. The van der Waals surface area contributed by atoms with Crippen LogP contribution in [0.25, 0.3) is 6.08 Å². The summed E-state index contributed by atoms with van der Waals surface area (Å²) in [7, 11) is 0. The van der Waals surface area contributed by atoms with E-state index in [1.807, 2.05) is 24.3 Å². The summed E-state index contributed by atoms with van der Waals surface area (Å²) in [6, 6.07) is 7.79. The van der Waals surface area contributed by atoms with E-state index in [1.54, 1.807) is 0 Å². The maximum absolute atomic E-state index is 9.43. The smallest absolute Gasteiger partial charge is 0.0858 e. The van der Waals surface area contributed by atoms with Gasteiger partial charge in [-0.3, -0.25) is 0 Å². The number of allylic oxidation sites excluding steroid dienone is 1. The molecule has 0 bridgehead atoms. The minimum absolute atomic E-state index is 0.394. The first-order valence-electron chi connectivity index (χ1n) is 7.43. The second-order valence-corrected chi connectivity index (χ2v) is 5.87. The molecule has 1 saturated carbocycles. The molecule has 0 spiro atoms. The van der Waals surface area contributed by atoms with Crippen LogP contribution >= 0.6 is 11.6 Å². The van der Waals surface area contributed by atoms with Gasteiger partial charge in [-0.2, -0.15) is 0 Å². The third-order valence-electron chi connectivity index (χ3n) is 3.92. The molecule has 1 unspecified atom stereocenters. The molecular weight excluding hydrogens is 270 g/mol. The van der Waals surface area contributed by atoms with Crippen LogP contribution in [0.4, 0.5) is 0 Å². The molecule has 1 aromatic rings. The Labute approximate surface area is 126 Å². The van der Waals surface area contributed by atoms with Crippen molar-refractivity contribution in [1.29, 1.82) is 0 Å². The molecule has 2 nitrogen and oxygen atoms in total. The van der Waals surface area contributed by atoms with Crippen molar-refractivity contribution >= 4 is 23.4 Å². The molecule has 0 radical (unpaired) electrons. The van der Waals surface area contributed by atoms with Crippen LogP contribution in [0, 0.1) is 5.92 Å². The Morgan fingerprint density at radius 2 is 2.05 bits per heavy atom. The Hall–Kier alpha value is -1.28. The molecule has 1 fully saturated rings. The Kier molecular flexibility index (Phi) is 5.66. The molecule has 0 amide bonds. The third-order valence-corrected chi connectivity index (χ3v) is 4.17. The maximum Gasteiger partial charge on any atom is 0.0858 e. The number of nitrogens with zero attached hydrogens (tertiary/aromatic N) is 1.